The van der Waals surface area contributed by atoms with E-state index in [1.54, 1.807) is 12.4 Å². The lowest BCUT2D eigenvalue weighted by atomic mass is 9.66. The molecule has 4 saturated heterocycles. The number of anilines is 1. The van der Waals surface area contributed by atoms with Gasteiger partial charge in [0.15, 0.2) is 5.82 Å². The molecule has 11 nitrogen and oxygen atoms in total. The van der Waals surface area contributed by atoms with Crippen molar-refractivity contribution in [2.24, 2.45) is 11.8 Å². The zero-order chi connectivity index (χ0) is 31.7. The first-order chi connectivity index (χ1) is 22.9. The molecule has 10 rings (SSSR count). The van der Waals surface area contributed by atoms with Crippen LogP contribution in [0.5, 0.6) is 12.0 Å². The van der Waals surface area contributed by atoms with Crippen molar-refractivity contribution in [2.75, 3.05) is 44.2 Å². The number of hydrazine groups is 1. The average molecular weight is 668 g/mol. The lowest BCUT2D eigenvalue weighted by molar-refractivity contribution is 0.107. The Kier molecular flexibility index (Phi) is 7.59. The van der Waals surface area contributed by atoms with Crippen LogP contribution in [0, 0.1) is 17.7 Å². The zero-order valence-electron chi connectivity index (χ0n) is 26.3. The van der Waals surface area contributed by atoms with Crippen molar-refractivity contribution in [3.8, 4) is 12.0 Å². The van der Waals surface area contributed by atoms with Crippen molar-refractivity contribution < 1.29 is 18.3 Å². The fraction of sp³-hybridized carbons (Fsp3) is 0.667. The van der Waals surface area contributed by atoms with Gasteiger partial charge in [-0.05, 0) is 69.4 Å². The molecule has 0 spiro atoms. The summed E-state index contributed by atoms with van der Waals surface area (Å²) in [6.07, 6.45) is 8.54. The van der Waals surface area contributed by atoms with E-state index in [-0.39, 0.29) is 58.9 Å². The van der Waals surface area contributed by atoms with Crippen LogP contribution in [0.25, 0.3) is 10.9 Å². The van der Waals surface area contributed by atoms with E-state index in [1.807, 2.05) is 6.07 Å². The van der Waals surface area contributed by atoms with E-state index >= 15 is 4.39 Å². The molecule has 1 aliphatic carbocycles. The molecule has 47 heavy (non-hydrogen) atoms. The van der Waals surface area contributed by atoms with Gasteiger partial charge in [-0.25, -0.2) is 18.7 Å². The number of aryl methyl sites for hydroxylation is 1. The summed E-state index contributed by atoms with van der Waals surface area (Å²) >= 11 is 7.13. The van der Waals surface area contributed by atoms with Crippen LogP contribution in [0.2, 0.25) is 0 Å². The number of halogens is 3. The third-order valence-corrected chi connectivity index (χ3v) is 12.1. The highest BCUT2D eigenvalue weighted by molar-refractivity contribution is 6.21. The number of piperidine rings is 1. The summed E-state index contributed by atoms with van der Waals surface area (Å²) in [6, 6.07) is 2.49. The molecule has 3 aromatic heterocycles. The van der Waals surface area contributed by atoms with Crippen LogP contribution in [0.4, 0.5) is 14.6 Å². The second kappa shape index (κ2) is 11.9. The van der Waals surface area contributed by atoms with Crippen molar-refractivity contribution in [1.82, 2.24) is 40.7 Å². The van der Waals surface area contributed by atoms with Gasteiger partial charge in [-0.15, -0.1) is 11.6 Å². The third kappa shape index (κ3) is 5.28. The summed E-state index contributed by atoms with van der Waals surface area (Å²) in [5.74, 6) is -0.0855. The van der Waals surface area contributed by atoms with Gasteiger partial charge in [0.25, 0.3) is 0 Å². The molecule has 5 unspecified atom stereocenters. The Morgan fingerprint density at radius 1 is 1.11 bits per heavy atom. The number of hydrogen-bond donors (Lipinski definition) is 2. The highest BCUT2D eigenvalue weighted by atomic mass is 35.5. The summed E-state index contributed by atoms with van der Waals surface area (Å²) in [7, 11) is 0. The number of ether oxygens (including phenoxy) is 2. The molecule has 2 N–H and O–H groups in total. The standard InChI is InChI=1S/C33H40ClF2N9O2/c34-24-11-25-22(14-39-43-25)26-21(24)5-4-19-6-8-37-31(40-19)47-20-3-1-9-44(16-20)30-23-13-38-29(26)27(36)28(23)41-32(42-30)46-17-33-7-2-10-45(33)15-18(35)12-33/h6,8,13,18,20-22,24-26,39,43H,1-5,7,9-12,14-17H2/t18-,20-,21?,22?,24?,25?,26?,33+/m1/s1. The molecule has 14 heteroatoms. The number of hydrogen-bond acceptors (Lipinski definition) is 11. The lowest BCUT2D eigenvalue weighted by Gasteiger charge is -2.42. The van der Waals surface area contributed by atoms with Crippen molar-refractivity contribution in [1.29, 1.82) is 0 Å². The van der Waals surface area contributed by atoms with Gasteiger partial charge in [-0.3, -0.25) is 20.7 Å². The van der Waals surface area contributed by atoms with E-state index in [4.69, 9.17) is 41.0 Å². The predicted octanol–water partition coefficient (Wildman–Crippen LogP) is 3.71. The lowest BCUT2D eigenvalue weighted by Crippen LogP contribution is -2.45. The number of alkyl halides is 2. The smallest absolute Gasteiger partial charge is 0.319 e. The van der Waals surface area contributed by atoms with Crippen LogP contribution < -0.4 is 25.2 Å². The fourth-order valence-corrected chi connectivity index (χ4v) is 9.85. The Labute approximate surface area is 277 Å². The predicted molar refractivity (Wildman–Crippen MR) is 171 cm³/mol. The Balaban J connectivity index is 1.17. The van der Waals surface area contributed by atoms with Gasteiger partial charge in [-0.1, -0.05) is 0 Å². The van der Waals surface area contributed by atoms with Crippen molar-refractivity contribution in [2.45, 2.75) is 86.5 Å². The van der Waals surface area contributed by atoms with Gasteiger partial charge in [0.1, 0.15) is 30.2 Å². The number of aromatic nitrogens is 5. The molecule has 1 saturated carbocycles. The van der Waals surface area contributed by atoms with Gasteiger partial charge >= 0.3 is 12.0 Å². The maximum Gasteiger partial charge on any atom is 0.319 e. The maximum atomic E-state index is 17.2. The topological polar surface area (TPSA) is 113 Å². The first-order valence-corrected chi connectivity index (χ1v) is 17.6. The molecule has 8 atom stereocenters. The molecular weight excluding hydrogens is 628 g/mol. The summed E-state index contributed by atoms with van der Waals surface area (Å²) in [4.78, 5) is 28.0. The van der Waals surface area contributed by atoms with Crippen LogP contribution in [-0.4, -0.2) is 98.4 Å². The second-order valence-electron chi connectivity index (χ2n) is 14.3. The average Bonchev–Trinajstić information content (AvgIpc) is 3.77. The Morgan fingerprint density at radius 3 is 2.98 bits per heavy atom. The summed E-state index contributed by atoms with van der Waals surface area (Å²) < 4.78 is 44.4. The molecule has 7 aliphatic rings. The summed E-state index contributed by atoms with van der Waals surface area (Å²) in [5, 5.41) is 0.343. The summed E-state index contributed by atoms with van der Waals surface area (Å²) in [6.45, 7) is 3.45. The van der Waals surface area contributed by atoms with Crippen LogP contribution >= 0.6 is 11.6 Å². The molecule has 6 aliphatic heterocycles. The molecule has 3 aromatic rings. The van der Waals surface area contributed by atoms with Crippen LogP contribution in [0.15, 0.2) is 18.5 Å². The van der Waals surface area contributed by atoms with E-state index in [0.29, 0.717) is 68.3 Å². The molecule has 9 heterocycles. The third-order valence-electron chi connectivity index (χ3n) is 11.6. The molecule has 0 aromatic carbocycles. The molecule has 8 bridgehead atoms. The Hall–Kier alpha value is -3.00. The fourth-order valence-electron chi connectivity index (χ4n) is 9.38. The van der Waals surface area contributed by atoms with Crippen LogP contribution in [0.1, 0.15) is 62.3 Å². The number of pyridine rings is 1. The first kappa shape index (κ1) is 30.1. The van der Waals surface area contributed by atoms with Crippen molar-refractivity contribution in [3.05, 3.63) is 35.7 Å². The minimum atomic E-state index is -0.877. The van der Waals surface area contributed by atoms with E-state index in [9.17, 15) is 4.39 Å². The van der Waals surface area contributed by atoms with E-state index in [2.05, 4.69) is 25.6 Å². The van der Waals surface area contributed by atoms with Gasteiger partial charge in [0, 0.05) is 61.5 Å². The molecule has 5 fully saturated rings. The van der Waals surface area contributed by atoms with Crippen LogP contribution in [0.3, 0.4) is 0 Å². The molecular formula is C33H40ClF2N9O2. The second-order valence-corrected chi connectivity index (χ2v) is 14.9. The minimum absolute atomic E-state index is 0.0464. The monoisotopic (exact) mass is 667 g/mol. The molecule has 250 valence electrons. The number of nitrogens with one attached hydrogen (secondary N) is 2. The largest absolute Gasteiger partial charge is 0.461 e. The molecule has 0 radical (unpaired) electrons. The highest BCUT2D eigenvalue weighted by Crippen LogP contribution is 2.48. The van der Waals surface area contributed by atoms with Gasteiger partial charge in [-0.2, -0.15) is 9.97 Å². The van der Waals surface area contributed by atoms with Gasteiger partial charge in [0.05, 0.1) is 23.2 Å². The number of rotatable bonds is 3. The quantitative estimate of drug-likeness (QED) is 0.399. The SMILES string of the molecule is Fc1c2ncc3c(nc(OC[C@@]45CCCN4C[C@H](F)C5)nc13)N1CCC[C@H](C1)Oc1nccc(n1)CCC1C(Cl)CC3NNCC3C21. The van der Waals surface area contributed by atoms with E-state index in [0.717, 1.165) is 44.3 Å². The Morgan fingerprint density at radius 2 is 2.04 bits per heavy atom. The van der Waals surface area contributed by atoms with Crippen LogP contribution in [-0.2, 0) is 6.42 Å². The summed E-state index contributed by atoms with van der Waals surface area (Å²) in [5.41, 5.74) is 7.74. The number of nitrogens with zero attached hydrogens (tertiary/aromatic N) is 7. The van der Waals surface area contributed by atoms with Crippen molar-refractivity contribution >= 4 is 28.3 Å². The Bertz CT molecular complexity index is 1670. The molecule has 0 amide bonds. The zero-order valence-corrected chi connectivity index (χ0v) is 27.0. The van der Waals surface area contributed by atoms with Crippen molar-refractivity contribution in [3.63, 3.8) is 0 Å². The van der Waals surface area contributed by atoms with E-state index < -0.39 is 12.0 Å². The van der Waals surface area contributed by atoms with Gasteiger partial charge in [0.2, 0.25) is 0 Å². The van der Waals surface area contributed by atoms with Gasteiger partial charge < -0.3 is 14.4 Å². The van der Waals surface area contributed by atoms with E-state index in [1.165, 1.54) is 0 Å². The first-order valence-electron chi connectivity index (χ1n) is 17.2. The highest BCUT2D eigenvalue weighted by Gasteiger charge is 2.50. The normalized spacial score (nSPS) is 35.1. The number of fused-ring (bicyclic) bond motifs is 4. The minimum Gasteiger partial charge on any atom is -0.461 e. The maximum absolute atomic E-state index is 17.2.